The van der Waals surface area contributed by atoms with Crippen LogP contribution >= 0.6 is 11.8 Å². The lowest BCUT2D eigenvalue weighted by atomic mass is 10.2. The number of pyridine rings is 1. The van der Waals surface area contributed by atoms with E-state index in [1.165, 1.54) is 0 Å². The molecule has 1 rings (SSSR count). The average molecular weight is 226 g/mol. The largest absolute Gasteiger partial charge is 0.389 e. The van der Waals surface area contributed by atoms with Crippen molar-refractivity contribution in [2.75, 3.05) is 26.4 Å². The van der Waals surface area contributed by atoms with Gasteiger partial charge in [-0.05, 0) is 38.7 Å². The van der Waals surface area contributed by atoms with Gasteiger partial charge in [0.2, 0.25) is 0 Å². The van der Waals surface area contributed by atoms with Crippen molar-refractivity contribution in [2.24, 2.45) is 0 Å². The minimum Gasteiger partial charge on any atom is -0.389 e. The van der Waals surface area contributed by atoms with Gasteiger partial charge in [-0.1, -0.05) is 0 Å². The number of aromatic nitrogens is 1. The molecule has 0 spiro atoms. The Morgan fingerprint density at radius 2 is 2.27 bits per heavy atom. The Balaban J connectivity index is 2.50. The molecule has 1 unspecified atom stereocenters. The second-order valence-electron chi connectivity index (χ2n) is 3.76. The summed E-state index contributed by atoms with van der Waals surface area (Å²) in [6.45, 7) is 2.80. The van der Waals surface area contributed by atoms with Gasteiger partial charge in [0.1, 0.15) is 0 Å². The Morgan fingerprint density at radius 3 is 2.87 bits per heavy atom. The van der Waals surface area contributed by atoms with Crippen molar-refractivity contribution < 1.29 is 5.11 Å². The molecule has 4 heteroatoms. The van der Waals surface area contributed by atoms with Gasteiger partial charge in [0.15, 0.2) is 0 Å². The molecule has 1 heterocycles. The third kappa shape index (κ3) is 4.64. The van der Waals surface area contributed by atoms with E-state index in [0.717, 1.165) is 22.9 Å². The summed E-state index contributed by atoms with van der Waals surface area (Å²) in [5.41, 5.74) is 0.928. The zero-order chi connectivity index (χ0) is 11.3. The molecule has 0 saturated heterocycles. The van der Waals surface area contributed by atoms with Gasteiger partial charge in [-0.15, -0.1) is 11.8 Å². The van der Waals surface area contributed by atoms with Crippen molar-refractivity contribution in [1.82, 2.24) is 9.88 Å². The van der Waals surface area contributed by atoms with Gasteiger partial charge in [-0.3, -0.25) is 0 Å². The lowest BCUT2D eigenvalue weighted by Crippen LogP contribution is -2.14. The van der Waals surface area contributed by atoms with E-state index in [2.05, 4.69) is 24.0 Å². The molecule has 0 saturated carbocycles. The Hall–Kier alpha value is -0.580. The Labute approximate surface area is 95.5 Å². The summed E-state index contributed by atoms with van der Waals surface area (Å²) in [5.74, 6) is 1.02. The molecule has 0 aliphatic carbocycles. The number of hydrogen-bond acceptors (Lipinski definition) is 4. The van der Waals surface area contributed by atoms with Crippen LogP contribution in [0.2, 0.25) is 0 Å². The summed E-state index contributed by atoms with van der Waals surface area (Å²) in [7, 11) is 4.11. The van der Waals surface area contributed by atoms with E-state index < -0.39 is 6.10 Å². The summed E-state index contributed by atoms with van der Waals surface area (Å²) < 4.78 is 0. The molecule has 0 aliphatic heterocycles. The van der Waals surface area contributed by atoms with Crippen LogP contribution < -0.4 is 0 Å². The monoisotopic (exact) mass is 226 g/mol. The maximum absolute atomic E-state index is 9.42. The molecule has 0 amide bonds. The standard InChI is InChI=1S/C11H18N2OS/c1-9(14)10-4-5-12-11(8-10)15-7-6-13(2)3/h4-5,8-9,14H,6-7H2,1-3H3. The highest BCUT2D eigenvalue weighted by Gasteiger charge is 2.03. The van der Waals surface area contributed by atoms with Crippen LogP contribution in [-0.4, -0.2) is 41.4 Å². The highest BCUT2D eigenvalue weighted by molar-refractivity contribution is 7.99. The van der Waals surface area contributed by atoms with Crippen molar-refractivity contribution in [3.63, 3.8) is 0 Å². The molecule has 0 aromatic carbocycles. The molecule has 0 radical (unpaired) electrons. The maximum atomic E-state index is 9.42. The molecule has 0 aliphatic rings. The van der Waals surface area contributed by atoms with Crippen LogP contribution in [0.25, 0.3) is 0 Å². The quantitative estimate of drug-likeness (QED) is 0.777. The fourth-order valence-corrected chi connectivity index (χ4v) is 2.12. The lowest BCUT2D eigenvalue weighted by molar-refractivity contribution is 0.199. The topological polar surface area (TPSA) is 36.4 Å². The molecule has 1 N–H and O–H groups in total. The third-order valence-electron chi connectivity index (χ3n) is 2.03. The fraction of sp³-hybridized carbons (Fsp3) is 0.545. The van der Waals surface area contributed by atoms with Gasteiger partial charge in [-0.25, -0.2) is 4.98 Å². The molecule has 1 aromatic heterocycles. The highest BCUT2D eigenvalue weighted by Crippen LogP contribution is 2.19. The third-order valence-corrected chi connectivity index (χ3v) is 2.94. The van der Waals surface area contributed by atoms with E-state index in [1.807, 2.05) is 12.1 Å². The van der Waals surface area contributed by atoms with Crippen LogP contribution in [0, 0.1) is 0 Å². The normalized spacial score (nSPS) is 13.1. The minimum absolute atomic E-state index is 0.416. The van der Waals surface area contributed by atoms with E-state index in [4.69, 9.17) is 0 Å². The van der Waals surface area contributed by atoms with Crippen molar-refractivity contribution in [3.05, 3.63) is 23.9 Å². The number of thioether (sulfide) groups is 1. The second kappa shape index (κ2) is 6.10. The molecule has 0 bridgehead atoms. The first-order valence-corrected chi connectivity index (χ1v) is 5.99. The zero-order valence-electron chi connectivity index (χ0n) is 9.47. The summed E-state index contributed by atoms with van der Waals surface area (Å²) in [4.78, 5) is 6.40. The van der Waals surface area contributed by atoms with Crippen LogP contribution in [0.4, 0.5) is 0 Å². The first-order chi connectivity index (χ1) is 7.09. The first kappa shape index (κ1) is 12.5. The zero-order valence-corrected chi connectivity index (χ0v) is 10.3. The van der Waals surface area contributed by atoms with E-state index in [-0.39, 0.29) is 0 Å². The summed E-state index contributed by atoms with van der Waals surface area (Å²) in [6.07, 6.45) is 1.33. The van der Waals surface area contributed by atoms with Gasteiger partial charge < -0.3 is 10.0 Å². The van der Waals surface area contributed by atoms with Gasteiger partial charge >= 0.3 is 0 Å². The molecule has 3 nitrogen and oxygen atoms in total. The molecule has 0 fully saturated rings. The number of rotatable bonds is 5. The van der Waals surface area contributed by atoms with Crippen molar-refractivity contribution in [1.29, 1.82) is 0 Å². The lowest BCUT2D eigenvalue weighted by Gasteiger charge is -2.09. The van der Waals surface area contributed by atoms with Gasteiger partial charge in [0.05, 0.1) is 11.1 Å². The van der Waals surface area contributed by atoms with Crippen LogP contribution in [0.1, 0.15) is 18.6 Å². The van der Waals surface area contributed by atoms with Gasteiger partial charge in [0.25, 0.3) is 0 Å². The van der Waals surface area contributed by atoms with Crippen LogP contribution in [0.15, 0.2) is 23.4 Å². The average Bonchev–Trinajstić information content (AvgIpc) is 2.17. The van der Waals surface area contributed by atoms with Crippen LogP contribution in [0.5, 0.6) is 0 Å². The van der Waals surface area contributed by atoms with Gasteiger partial charge in [0, 0.05) is 18.5 Å². The SMILES string of the molecule is CC(O)c1ccnc(SCCN(C)C)c1. The molecular weight excluding hydrogens is 208 g/mol. The predicted octanol–water partition coefficient (Wildman–Crippen LogP) is 1.79. The van der Waals surface area contributed by atoms with Crippen LogP contribution in [-0.2, 0) is 0 Å². The Morgan fingerprint density at radius 1 is 1.53 bits per heavy atom. The number of aliphatic hydroxyl groups is 1. The molecule has 1 atom stereocenters. The molecule has 15 heavy (non-hydrogen) atoms. The van der Waals surface area contributed by atoms with E-state index in [9.17, 15) is 5.11 Å². The first-order valence-electron chi connectivity index (χ1n) is 5.01. The molecule has 1 aromatic rings. The van der Waals surface area contributed by atoms with Crippen molar-refractivity contribution in [3.8, 4) is 0 Å². The Bertz CT molecular complexity index is 302. The summed E-state index contributed by atoms with van der Waals surface area (Å²) in [5, 5.41) is 10.4. The second-order valence-corrected chi connectivity index (χ2v) is 4.87. The van der Waals surface area contributed by atoms with Gasteiger partial charge in [-0.2, -0.15) is 0 Å². The van der Waals surface area contributed by atoms with E-state index in [1.54, 1.807) is 24.9 Å². The highest BCUT2D eigenvalue weighted by atomic mass is 32.2. The van der Waals surface area contributed by atoms with Crippen LogP contribution in [0.3, 0.4) is 0 Å². The van der Waals surface area contributed by atoms with Crippen molar-refractivity contribution in [2.45, 2.75) is 18.1 Å². The minimum atomic E-state index is -0.416. The van der Waals surface area contributed by atoms with E-state index >= 15 is 0 Å². The summed E-state index contributed by atoms with van der Waals surface area (Å²) in [6, 6.07) is 3.80. The predicted molar refractivity (Wildman–Crippen MR) is 64.1 cm³/mol. The van der Waals surface area contributed by atoms with E-state index in [0.29, 0.717) is 0 Å². The number of hydrogen-bond donors (Lipinski definition) is 1. The Kier molecular flexibility index (Phi) is 5.08. The number of aliphatic hydroxyl groups excluding tert-OH is 1. The summed E-state index contributed by atoms with van der Waals surface area (Å²) >= 11 is 1.72. The maximum Gasteiger partial charge on any atom is 0.0963 e. The number of nitrogens with zero attached hydrogens (tertiary/aromatic N) is 2. The van der Waals surface area contributed by atoms with Crippen molar-refractivity contribution >= 4 is 11.8 Å². The molecule has 84 valence electrons. The fourth-order valence-electron chi connectivity index (χ4n) is 1.10. The smallest absolute Gasteiger partial charge is 0.0963 e. The molecular formula is C11H18N2OS.